The lowest BCUT2D eigenvalue weighted by molar-refractivity contribution is 0.559. The highest BCUT2D eigenvalue weighted by Crippen LogP contribution is 2.11. The number of rotatable bonds is 22. The fraction of sp³-hybridized carbons (Fsp3) is 0.846. The van der Waals surface area contributed by atoms with Crippen LogP contribution in [0.3, 0.4) is 0 Å². The third kappa shape index (κ3) is 24.9. The lowest BCUT2D eigenvalue weighted by Gasteiger charge is -2.01. The van der Waals surface area contributed by atoms with E-state index in [1.165, 1.54) is 116 Å². The second kappa shape index (κ2) is 25.9. The normalized spacial score (nSPS) is 11.6. The maximum atomic E-state index is 5.25. The van der Waals surface area contributed by atoms with Gasteiger partial charge in [-0.05, 0) is 32.1 Å². The van der Waals surface area contributed by atoms with Crippen LogP contribution in [-0.4, -0.2) is 12.4 Å². The zero-order chi connectivity index (χ0) is 20.4. The topological polar surface area (TPSA) is 24.7 Å². The van der Waals surface area contributed by atoms with E-state index in [1.807, 2.05) is 12.4 Å². The van der Waals surface area contributed by atoms with Crippen molar-refractivity contribution in [2.75, 3.05) is 0 Å². The summed E-state index contributed by atoms with van der Waals surface area (Å²) in [4.78, 5) is 0. The fourth-order valence-corrected chi connectivity index (χ4v) is 3.46. The molecule has 0 unspecified atom stereocenters. The average molecular weight is 389 g/mol. The van der Waals surface area contributed by atoms with Gasteiger partial charge in [0.15, 0.2) is 0 Å². The molecule has 0 aromatic carbocycles. The van der Waals surface area contributed by atoms with E-state index >= 15 is 0 Å². The Morgan fingerprint density at radius 3 is 1.29 bits per heavy atom. The molecule has 0 heterocycles. The van der Waals surface area contributed by atoms with Crippen LogP contribution in [0, 0.1) is 12.3 Å². The molecule has 2 heteroatoms. The summed E-state index contributed by atoms with van der Waals surface area (Å²) in [6.45, 7) is 2.28. The van der Waals surface area contributed by atoms with Crippen LogP contribution in [0.2, 0.25) is 0 Å². The Bertz CT molecular complexity index is 378. The highest BCUT2D eigenvalue weighted by Gasteiger charge is 1.93. The Labute approximate surface area is 177 Å². The zero-order valence-electron chi connectivity index (χ0n) is 19.0. The fourth-order valence-electron chi connectivity index (χ4n) is 3.46. The lowest BCUT2D eigenvalue weighted by Crippen LogP contribution is -1.83. The highest BCUT2D eigenvalue weighted by molar-refractivity contribution is 5.61. The summed E-state index contributed by atoms with van der Waals surface area (Å²) < 4.78 is 0. The maximum absolute atomic E-state index is 5.25. The van der Waals surface area contributed by atoms with Gasteiger partial charge in [0.1, 0.15) is 0 Å². The third-order valence-corrected chi connectivity index (χ3v) is 5.32. The van der Waals surface area contributed by atoms with Gasteiger partial charge in [-0.2, -0.15) is 10.2 Å². The van der Waals surface area contributed by atoms with Crippen molar-refractivity contribution in [1.82, 2.24) is 0 Å². The molecule has 0 rings (SSSR count). The first-order chi connectivity index (χ1) is 13.9. The van der Waals surface area contributed by atoms with Crippen molar-refractivity contribution in [2.45, 2.75) is 142 Å². The van der Waals surface area contributed by atoms with Crippen molar-refractivity contribution >= 4 is 12.4 Å². The van der Waals surface area contributed by atoms with Crippen LogP contribution in [0.15, 0.2) is 10.2 Å². The van der Waals surface area contributed by atoms with Crippen LogP contribution in [0.5, 0.6) is 0 Å². The second-order valence-corrected chi connectivity index (χ2v) is 8.14. The van der Waals surface area contributed by atoms with E-state index in [-0.39, 0.29) is 0 Å². The Morgan fingerprint density at radius 2 is 0.893 bits per heavy atom. The van der Waals surface area contributed by atoms with Crippen molar-refractivity contribution in [2.24, 2.45) is 10.2 Å². The van der Waals surface area contributed by atoms with E-state index in [1.54, 1.807) is 0 Å². The molecule has 28 heavy (non-hydrogen) atoms. The van der Waals surface area contributed by atoms with Gasteiger partial charge in [-0.3, -0.25) is 0 Å². The molecule has 0 aliphatic carbocycles. The first kappa shape index (κ1) is 26.9. The van der Waals surface area contributed by atoms with Crippen LogP contribution in [0.1, 0.15) is 142 Å². The molecule has 0 atom stereocenters. The van der Waals surface area contributed by atoms with Crippen LogP contribution in [0.25, 0.3) is 0 Å². The molecule has 0 amide bonds. The summed E-state index contributed by atoms with van der Waals surface area (Å²) in [5.41, 5.74) is 0. The van der Waals surface area contributed by atoms with E-state index in [0.717, 1.165) is 19.3 Å². The van der Waals surface area contributed by atoms with Gasteiger partial charge in [0.2, 0.25) is 0 Å². The largest absolute Gasteiger partial charge is 0.164 e. The average Bonchev–Trinajstić information content (AvgIpc) is 2.71. The van der Waals surface area contributed by atoms with E-state index in [0.29, 0.717) is 0 Å². The minimum atomic E-state index is 0.946. The SMILES string of the molecule is C#CCCCCCCCCCCC=NN=CCCCCCCCCCCCC. The molecule has 0 spiro atoms. The predicted octanol–water partition coefficient (Wildman–Crippen LogP) is 8.89. The second-order valence-electron chi connectivity index (χ2n) is 8.14. The monoisotopic (exact) mass is 388 g/mol. The Hall–Kier alpha value is -1.10. The van der Waals surface area contributed by atoms with Crippen molar-refractivity contribution < 1.29 is 0 Å². The molecule has 0 fully saturated rings. The van der Waals surface area contributed by atoms with E-state index in [4.69, 9.17) is 6.42 Å². The number of hydrogen-bond donors (Lipinski definition) is 0. The minimum absolute atomic E-state index is 0.946. The predicted molar refractivity (Wildman–Crippen MR) is 128 cm³/mol. The standard InChI is InChI=1S/C26H48N2/c1-3-5-7-9-11-13-15-17-19-21-23-25-27-28-26-24-22-20-18-16-14-12-10-8-6-4-2/h1,25-26H,4-24H2,2H3. The van der Waals surface area contributed by atoms with Gasteiger partial charge in [0.05, 0.1) is 0 Å². The van der Waals surface area contributed by atoms with E-state index < -0.39 is 0 Å². The van der Waals surface area contributed by atoms with Crippen LogP contribution < -0.4 is 0 Å². The molecular formula is C26H48N2. The number of hydrogen-bond acceptors (Lipinski definition) is 2. The van der Waals surface area contributed by atoms with E-state index in [9.17, 15) is 0 Å². The molecule has 0 N–H and O–H groups in total. The number of nitrogens with zero attached hydrogens (tertiary/aromatic N) is 2. The molecule has 2 nitrogen and oxygen atoms in total. The smallest absolute Gasteiger partial charge is 0.0270 e. The van der Waals surface area contributed by atoms with Crippen LogP contribution in [0.4, 0.5) is 0 Å². The Balaban J connectivity index is 3.16. The molecule has 0 aliphatic rings. The number of unbranched alkanes of at least 4 members (excludes halogenated alkanes) is 19. The lowest BCUT2D eigenvalue weighted by atomic mass is 10.1. The van der Waals surface area contributed by atoms with Gasteiger partial charge >= 0.3 is 0 Å². The summed E-state index contributed by atoms with van der Waals surface area (Å²) in [7, 11) is 0. The van der Waals surface area contributed by atoms with Gasteiger partial charge < -0.3 is 0 Å². The van der Waals surface area contributed by atoms with E-state index in [2.05, 4.69) is 23.0 Å². The highest BCUT2D eigenvalue weighted by atomic mass is 15.2. The van der Waals surface area contributed by atoms with Crippen molar-refractivity contribution in [3.63, 3.8) is 0 Å². The molecule has 0 saturated heterocycles. The van der Waals surface area contributed by atoms with Gasteiger partial charge in [-0.25, -0.2) is 0 Å². The quantitative estimate of drug-likeness (QED) is 0.0765. The summed E-state index contributed by atoms with van der Waals surface area (Å²) in [6.07, 6.45) is 36.7. The molecule has 162 valence electrons. The Kier molecular flexibility index (Phi) is 24.9. The molecule has 0 saturated carbocycles. The van der Waals surface area contributed by atoms with Crippen LogP contribution >= 0.6 is 0 Å². The Morgan fingerprint density at radius 1 is 0.536 bits per heavy atom. The molecular weight excluding hydrogens is 340 g/mol. The summed E-state index contributed by atoms with van der Waals surface area (Å²) in [5.74, 6) is 2.71. The first-order valence-corrected chi connectivity index (χ1v) is 12.4. The van der Waals surface area contributed by atoms with Gasteiger partial charge in [-0.1, -0.05) is 103 Å². The molecule has 0 radical (unpaired) electrons. The van der Waals surface area contributed by atoms with Crippen LogP contribution in [-0.2, 0) is 0 Å². The summed E-state index contributed by atoms with van der Waals surface area (Å²) in [6, 6.07) is 0. The first-order valence-electron chi connectivity index (χ1n) is 12.4. The van der Waals surface area contributed by atoms with Crippen molar-refractivity contribution in [1.29, 1.82) is 0 Å². The summed E-state index contributed by atoms with van der Waals surface area (Å²) >= 11 is 0. The molecule has 0 aliphatic heterocycles. The van der Waals surface area contributed by atoms with Crippen molar-refractivity contribution in [3.05, 3.63) is 0 Å². The number of terminal acetylenes is 1. The molecule has 0 aromatic rings. The maximum Gasteiger partial charge on any atom is 0.0270 e. The minimum Gasteiger partial charge on any atom is -0.164 e. The zero-order valence-corrected chi connectivity index (χ0v) is 19.0. The van der Waals surface area contributed by atoms with Gasteiger partial charge in [0.25, 0.3) is 0 Å². The molecule has 0 bridgehead atoms. The molecule has 0 aromatic heterocycles. The van der Waals surface area contributed by atoms with Gasteiger partial charge in [0, 0.05) is 18.9 Å². The third-order valence-electron chi connectivity index (χ3n) is 5.32. The van der Waals surface area contributed by atoms with Crippen molar-refractivity contribution in [3.8, 4) is 12.3 Å². The van der Waals surface area contributed by atoms with Gasteiger partial charge in [-0.15, -0.1) is 12.3 Å². The summed E-state index contributed by atoms with van der Waals surface area (Å²) in [5, 5.41) is 8.32.